The number of benzene rings is 1. The predicted octanol–water partition coefficient (Wildman–Crippen LogP) is 3.53. The zero-order chi connectivity index (χ0) is 18.5. The molecule has 1 amide bonds. The van der Waals surface area contributed by atoms with E-state index in [1.807, 2.05) is 12.4 Å². The SMILES string of the molecule is O=C1CC2(CCN(Cc3ccncc3)CC2)CN1CCCc1ccccc1. The fraction of sp³-hybridized carbons (Fsp3) is 0.478. The molecule has 2 aliphatic rings. The molecule has 1 aromatic heterocycles. The quantitative estimate of drug-likeness (QED) is 0.788. The van der Waals surface area contributed by atoms with Gasteiger partial charge in [-0.25, -0.2) is 0 Å². The van der Waals surface area contributed by atoms with Crippen LogP contribution < -0.4 is 0 Å². The van der Waals surface area contributed by atoms with Crippen LogP contribution in [-0.4, -0.2) is 46.9 Å². The molecule has 0 unspecified atom stereocenters. The summed E-state index contributed by atoms with van der Waals surface area (Å²) in [5.74, 6) is 0.366. The van der Waals surface area contributed by atoms with Gasteiger partial charge in [0.2, 0.25) is 5.91 Å². The smallest absolute Gasteiger partial charge is 0.223 e. The van der Waals surface area contributed by atoms with Crippen molar-refractivity contribution < 1.29 is 4.79 Å². The molecule has 2 saturated heterocycles. The van der Waals surface area contributed by atoms with Crippen molar-refractivity contribution in [2.75, 3.05) is 26.2 Å². The van der Waals surface area contributed by atoms with Gasteiger partial charge in [0.05, 0.1) is 0 Å². The summed E-state index contributed by atoms with van der Waals surface area (Å²) in [4.78, 5) is 21.3. The highest BCUT2D eigenvalue weighted by molar-refractivity contribution is 5.79. The maximum Gasteiger partial charge on any atom is 0.223 e. The minimum atomic E-state index is 0.221. The standard InChI is InChI=1S/C23H29N3O/c27-22-17-23(19-26(22)14-4-7-20-5-2-1-3-6-20)10-15-25(16-11-23)18-21-8-12-24-13-9-21/h1-3,5-6,8-9,12-13H,4,7,10-11,14-19H2. The first-order valence-corrected chi connectivity index (χ1v) is 10.2. The summed E-state index contributed by atoms with van der Waals surface area (Å²) in [5.41, 5.74) is 2.91. The molecule has 0 radical (unpaired) electrons. The van der Waals surface area contributed by atoms with Crippen molar-refractivity contribution in [1.29, 1.82) is 0 Å². The summed E-state index contributed by atoms with van der Waals surface area (Å²) in [5, 5.41) is 0. The van der Waals surface area contributed by atoms with Gasteiger partial charge in [0.15, 0.2) is 0 Å². The molecule has 4 nitrogen and oxygen atoms in total. The van der Waals surface area contributed by atoms with Crippen molar-refractivity contribution >= 4 is 5.91 Å². The maximum absolute atomic E-state index is 12.6. The number of carbonyl (C=O) groups excluding carboxylic acids is 1. The second kappa shape index (κ2) is 8.22. The number of pyridine rings is 1. The molecular formula is C23H29N3O. The first kappa shape index (κ1) is 18.2. The Bertz CT molecular complexity index is 739. The Morgan fingerprint density at radius 3 is 2.44 bits per heavy atom. The van der Waals surface area contributed by atoms with Gasteiger partial charge in [0.25, 0.3) is 0 Å². The lowest BCUT2D eigenvalue weighted by Gasteiger charge is -2.38. The number of carbonyl (C=O) groups is 1. The third-order valence-corrected chi connectivity index (χ3v) is 6.21. The minimum Gasteiger partial charge on any atom is -0.342 e. The molecule has 0 N–H and O–H groups in total. The van der Waals surface area contributed by atoms with E-state index in [0.29, 0.717) is 5.91 Å². The molecule has 1 aromatic carbocycles. The van der Waals surface area contributed by atoms with Crippen LogP contribution in [0.1, 0.15) is 36.8 Å². The Morgan fingerprint density at radius 1 is 0.963 bits per heavy atom. The Morgan fingerprint density at radius 2 is 1.70 bits per heavy atom. The van der Waals surface area contributed by atoms with Crippen LogP contribution in [0.2, 0.25) is 0 Å². The maximum atomic E-state index is 12.6. The van der Waals surface area contributed by atoms with Crippen molar-refractivity contribution in [3.05, 3.63) is 66.0 Å². The summed E-state index contributed by atoms with van der Waals surface area (Å²) in [7, 11) is 0. The summed E-state index contributed by atoms with van der Waals surface area (Å²) in [6, 6.07) is 14.8. The molecule has 4 rings (SSSR count). The summed E-state index contributed by atoms with van der Waals surface area (Å²) >= 11 is 0. The molecule has 1 spiro atoms. The van der Waals surface area contributed by atoms with Crippen LogP contribution >= 0.6 is 0 Å². The molecule has 2 aliphatic heterocycles. The number of aromatic nitrogens is 1. The molecule has 0 atom stereocenters. The van der Waals surface area contributed by atoms with E-state index >= 15 is 0 Å². The van der Waals surface area contributed by atoms with Crippen LogP contribution in [0, 0.1) is 5.41 Å². The van der Waals surface area contributed by atoms with E-state index in [9.17, 15) is 4.79 Å². The number of rotatable bonds is 6. The van der Waals surface area contributed by atoms with Gasteiger partial charge in [0, 0.05) is 38.4 Å². The van der Waals surface area contributed by atoms with E-state index in [0.717, 1.165) is 64.8 Å². The van der Waals surface area contributed by atoms with E-state index in [1.165, 1.54) is 11.1 Å². The fourth-order valence-corrected chi connectivity index (χ4v) is 4.57. The number of likely N-dealkylation sites (tertiary alicyclic amines) is 2. The molecule has 2 fully saturated rings. The third kappa shape index (κ3) is 4.56. The number of hydrogen-bond donors (Lipinski definition) is 0. The lowest BCUT2D eigenvalue weighted by atomic mass is 9.77. The van der Waals surface area contributed by atoms with Crippen molar-refractivity contribution in [2.24, 2.45) is 5.41 Å². The van der Waals surface area contributed by atoms with Crippen LogP contribution in [0.4, 0.5) is 0 Å². The molecule has 3 heterocycles. The Kier molecular flexibility index (Phi) is 5.53. The van der Waals surface area contributed by atoms with Crippen LogP contribution in [0.15, 0.2) is 54.9 Å². The van der Waals surface area contributed by atoms with Crippen LogP contribution in [0.5, 0.6) is 0 Å². The Balaban J connectivity index is 1.25. The average molecular weight is 364 g/mol. The van der Waals surface area contributed by atoms with Gasteiger partial charge in [-0.2, -0.15) is 0 Å². The van der Waals surface area contributed by atoms with Gasteiger partial charge in [-0.15, -0.1) is 0 Å². The van der Waals surface area contributed by atoms with E-state index in [4.69, 9.17) is 0 Å². The highest BCUT2D eigenvalue weighted by Crippen LogP contribution is 2.41. The Hall–Kier alpha value is -2.20. The van der Waals surface area contributed by atoms with Gasteiger partial charge in [0.1, 0.15) is 0 Å². The second-order valence-electron chi connectivity index (χ2n) is 8.21. The number of nitrogens with zero attached hydrogens (tertiary/aromatic N) is 3. The van der Waals surface area contributed by atoms with Crippen LogP contribution in [-0.2, 0) is 17.8 Å². The first-order chi connectivity index (χ1) is 13.2. The number of aryl methyl sites for hydroxylation is 1. The topological polar surface area (TPSA) is 36.4 Å². The van der Waals surface area contributed by atoms with E-state index in [2.05, 4.69) is 57.2 Å². The lowest BCUT2D eigenvalue weighted by molar-refractivity contribution is -0.127. The summed E-state index contributed by atoms with van der Waals surface area (Å²) in [6.07, 6.45) is 8.87. The number of piperidine rings is 1. The van der Waals surface area contributed by atoms with E-state index < -0.39 is 0 Å². The van der Waals surface area contributed by atoms with Crippen molar-refractivity contribution in [3.63, 3.8) is 0 Å². The average Bonchev–Trinajstić information content (AvgIpc) is 3.01. The molecule has 2 aromatic rings. The van der Waals surface area contributed by atoms with Gasteiger partial charge in [-0.3, -0.25) is 14.7 Å². The monoisotopic (exact) mass is 363 g/mol. The van der Waals surface area contributed by atoms with Crippen molar-refractivity contribution in [2.45, 2.75) is 38.6 Å². The largest absolute Gasteiger partial charge is 0.342 e. The zero-order valence-electron chi connectivity index (χ0n) is 16.0. The van der Waals surface area contributed by atoms with Gasteiger partial charge in [-0.1, -0.05) is 30.3 Å². The molecule has 27 heavy (non-hydrogen) atoms. The predicted molar refractivity (Wildman–Crippen MR) is 107 cm³/mol. The molecule has 0 bridgehead atoms. The van der Waals surface area contributed by atoms with Gasteiger partial charge < -0.3 is 4.90 Å². The number of amides is 1. The Labute approximate surface area is 162 Å². The lowest BCUT2D eigenvalue weighted by Crippen LogP contribution is -2.41. The van der Waals surface area contributed by atoms with Crippen LogP contribution in [0.25, 0.3) is 0 Å². The molecular weight excluding hydrogens is 334 g/mol. The fourth-order valence-electron chi connectivity index (χ4n) is 4.57. The van der Waals surface area contributed by atoms with Crippen LogP contribution in [0.3, 0.4) is 0 Å². The molecule has 142 valence electrons. The first-order valence-electron chi connectivity index (χ1n) is 10.2. The summed E-state index contributed by atoms with van der Waals surface area (Å²) in [6.45, 7) is 5.04. The zero-order valence-corrected chi connectivity index (χ0v) is 16.0. The van der Waals surface area contributed by atoms with Crippen molar-refractivity contribution in [3.8, 4) is 0 Å². The molecule has 0 saturated carbocycles. The normalized spacial score (nSPS) is 19.7. The minimum absolute atomic E-state index is 0.221. The van der Waals surface area contributed by atoms with E-state index in [-0.39, 0.29) is 5.41 Å². The van der Waals surface area contributed by atoms with Crippen molar-refractivity contribution in [1.82, 2.24) is 14.8 Å². The molecule has 4 heteroatoms. The highest BCUT2D eigenvalue weighted by Gasteiger charge is 2.44. The number of hydrogen-bond acceptors (Lipinski definition) is 3. The van der Waals surface area contributed by atoms with E-state index in [1.54, 1.807) is 0 Å². The second-order valence-corrected chi connectivity index (χ2v) is 8.21. The third-order valence-electron chi connectivity index (χ3n) is 6.21. The molecule has 0 aliphatic carbocycles. The highest BCUT2D eigenvalue weighted by atomic mass is 16.2. The summed E-state index contributed by atoms with van der Waals surface area (Å²) < 4.78 is 0. The van der Waals surface area contributed by atoms with Gasteiger partial charge in [-0.05, 0) is 67.4 Å². The van der Waals surface area contributed by atoms with Gasteiger partial charge >= 0.3 is 0 Å².